The third-order valence-corrected chi connectivity index (χ3v) is 2.77. The van der Waals surface area contributed by atoms with Gasteiger partial charge in [-0.2, -0.15) is 13.2 Å². The molecule has 120 valence electrons. The number of alkyl halides is 3. The summed E-state index contributed by atoms with van der Waals surface area (Å²) < 4.78 is 45.9. The number of benzene rings is 1. The topological polar surface area (TPSA) is 56.5 Å². The Balaban J connectivity index is 2.44. The minimum atomic E-state index is -4.30. The Kier molecular flexibility index (Phi) is 7.49. The van der Waals surface area contributed by atoms with Gasteiger partial charge in [0.2, 0.25) is 0 Å². The zero-order valence-corrected chi connectivity index (χ0v) is 12.0. The molecule has 0 aromatic heterocycles. The standard InChI is InChI=1S/C14H21F3N2O2/c1-2-8-21-12-5-3-11(4-6-12)13(19-18)7-9-20-10-14(15,16)17/h3-6,13,19H,2,7-10,18H2,1H3. The van der Waals surface area contributed by atoms with Crippen LogP contribution in [0.2, 0.25) is 0 Å². The molecule has 1 rings (SSSR count). The fraction of sp³-hybridized carbons (Fsp3) is 0.571. The van der Waals surface area contributed by atoms with Crippen molar-refractivity contribution in [2.45, 2.75) is 32.0 Å². The van der Waals surface area contributed by atoms with Gasteiger partial charge in [0.25, 0.3) is 0 Å². The van der Waals surface area contributed by atoms with Gasteiger partial charge in [0.15, 0.2) is 0 Å². The van der Waals surface area contributed by atoms with E-state index in [-0.39, 0.29) is 12.6 Å². The SMILES string of the molecule is CCCOc1ccc(C(CCOCC(F)(F)F)NN)cc1. The van der Waals surface area contributed by atoms with Crippen LogP contribution in [-0.4, -0.2) is 26.0 Å². The summed E-state index contributed by atoms with van der Waals surface area (Å²) in [6.07, 6.45) is -3.03. The Morgan fingerprint density at radius 1 is 1.19 bits per heavy atom. The summed E-state index contributed by atoms with van der Waals surface area (Å²) in [6, 6.07) is 7.02. The molecule has 0 aliphatic rings. The molecule has 1 aromatic carbocycles. The fourth-order valence-electron chi connectivity index (χ4n) is 1.75. The molecule has 0 saturated heterocycles. The lowest BCUT2D eigenvalue weighted by atomic mass is 10.0. The molecule has 0 radical (unpaired) electrons. The van der Waals surface area contributed by atoms with Gasteiger partial charge in [-0.25, -0.2) is 0 Å². The van der Waals surface area contributed by atoms with Crippen molar-refractivity contribution < 1.29 is 22.6 Å². The second kappa shape index (κ2) is 8.86. The molecule has 1 unspecified atom stereocenters. The quantitative estimate of drug-likeness (QED) is 0.418. The van der Waals surface area contributed by atoms with E-state index in [9.17, 15) is 13.2 Å². The van der Waals surface area contributed by atoms with Crippen molar-refractivity contribution in [3.63, 3.8) is 0 Å². The van der Waals surface area contributed by atoms with Crippen molar-refractivity contribution in [1.82, 2.24) is 5.43 Å². The normalized spacial score (nSPS) is 13.2. The number of ether oxygens (including phenoxy) is 2. The highest BCUT2D eigenvalue weighted by Gasteiger charge is 2.27. The Morgan fingerprint density at radius 2 is 1.86 bits per heavy atom. The maximum atomic E-state index is 12.0. The lowest BCUT2D eigenvalue weighted by Crippen LogP contribution is -2.29. The molecule has 0 aliphatic carbocycles. The van der Waals surface area contributed by atoms with E-state index >= 15 is 0 Å². The predicted molar refractivity (Wildman–Crippen MR) is 73.8 cm³/mol. The lowest BCUT2D eigenvalue weighted by molar-refractivity contribution is -0.174. The Bertz CT molecular complexity index is 396. The van der Waals surface area contributed by atoms with E-state index in [1.54, 1.807) is 0 Å². The second-order valence-corrected chi connectivity index (χ2v) is 4.59. The molecule has 0 heterocycles. The zero-order chi connectivity index (χ0) is 15.7. The first-order valence-corrected chi connectivity index (χ1v) is 6.79. The van der Waals surface area contributed by atoms with Crippen LogP contribution in [0, 0.1) is 0 Å². The number of halogens is 3. The summed E-state index contributed by atoms with van der Waals surface area (Å²) in [5, 5.41) is 0. The highest BCUT2D eigenvalue weighted by atomic mass is 19.4. The van der Waals surface area contributed by atoms with Gasteiger partial charge in [0.05, 0.1) is 6.61 Å². The summed E-state index contributed by atoms with van der Waals surface area (Å²) in [6.45, 7) is 1.39. The highest BCUT2D eigenvalue weighted by molar-refractivity contribution is 5.29. The number of hydrazine groups is 1. The van der Waals surface area contributed by atoms with E-state index < -0.39 is 12.8 Å². The van der Waals surface area contributed by atoms with Crippen molar-refractivity contribution in [1.29, 1.82) is 0 Å². The smallest absolute Gasteiger partial charge is 0.411 e. The molecule has 0 spiro atoms. The summed E-state index contributed by atoms with van der Waals surface area (Å²) >= 11 is 0. The van der Waals surface area contributed by atoms with Crippen LogP contribution in [0.15, 0.2) is 24.3 Å². The monoisotopic (exact) mass is 306 g/mol. The molecule has 3 N–H and O–H groups in total. The molecule has 1 atom stereocenters. The summed E-state index contributed by atoms with van der Waals surface area (Å²) in [5.74, 6) is 6.19. The number of hydrogen-bond donors (Lipinski definition) is 2. The van der Waals surface area contributed by atoms with Crippen LogP contribution in [0.3, 0.4) is 0 Å². The third-order valence-electron chi connectivity index (χ3n) is 2.77. The first-order chi connectivity index (χ1) is 9.96. The van der Waals surface area contributed by atoms with Crippen molar-refractivity contribution in [2.24, 2.45) is 5.84 Å². The minimum Gasteiger partial charge on any atom is -0.494 e. The van der Waals surface area contributed by atoms with E-state index in [4.69, 9.17) is 10.6 Å². The maximum absolute atomic E-state index is 12.0. The van der Waals surface area contributed by atoms with Crippen molar-refractivity contribution in [2.75, 3.05) is 19.8 Å². The first-order valence-electron chi connectivity index (χ1n) is 6.79. The van der Waals surface area contributed by atoms with E-state index in [1.807, 2.05) is 31.2 Å². The highest BCUT2D eigenvalue weighted by Crippen LogP contribution is 2.21. The van der Waals surface area contributed by atoms with Gasteiger partial charge < -0.3 is 9.47 Å². The molecule has 7 heteroatoms. The molecular formula is C14H21F3N2O2. The van der Waals surface area contributed by atoms with Crippen molar-refractivity contribution >= 4 is 0 Å². The van der Waals surface area contributed by atoms with Crippen LogP contribution in [-0.2, 0) is 4.74 Å². The van der Waals surface area contributed by atoms with E-state index in [2.05, 4.69) is 10.2 Å². The van der Waals surface area contributed by atoms with Gasteiger partial charge in [-0.3, -0.25) is 11.3 Å². The first kappa shape index (κ1) is 17.7. The Hall–Kier alpha value is -1.31. The maximum Gasteiger partial charge on any atom is 0.411 e. The number of rotatable bonds is 9. The third kappa shape index (κ3) is 7.31. The van der Waals surface area contributed by atoms with Crippen LogP contribution in [0.4, 0.5) is 13.2 Å². The van der Waals surface area contributed by atoms with Crippen LogP contribution < -0.4 is 16.0 Å². The number of hydrogen-bond acceptors (Lipinski definition) is 4. The number of nitrogens with one attached hydrogen (secondary N) is 1. The average Bonchev–Trinajstić information content (AvgIpc) is 2.45. The second-order valence-electron chi connectivity index (χ2n) is 4.59. The average molecular weight is 306 g/mol. The van der Waals surface area contributed by atoms with E-state index in [0.717, 1.165) is 17.7 Å². The van der Waals surface area contributed by atoms with Crippen LogP contribution >= 0.6 is 0 Å². The van der Waals surface area contributed by atoms with Gasteiger partial charge >= 0.3 is 6.18 Å². The molecular weight excluding hydrogens is 285 g/mol. The molecule has 0 amide bonds. The fourth-order valence-corrected chi connectivity index (χ4v) is 1.75. The zero-order valence-electron chi connectivity index (χ0n) is 12.0. The van der Waals surface area contributed by atoms with E-state index in [0.29, 0.717) is 13.0 Å². The molecule has 0 fully saturated rings. The molecule has 0 saturated carbocycles. The molecule has 0 aliphatic heterocycles. The van der Waals surface area contributed by atoms with E-state index in [1.165, 1.54) is 0 Å². The molecule has 21 heavy (non-hydrogen) atoms. The van der Waals surface area contributed by atoms with Gasteiger partial charge in [-0.15, -0.1) is 0 Å². The van der Waals surface area contributed by atoms with Crippen molar-refractivity contribution in [3.05, 3.63) is 29.8 Å². The van der Waals surface area contributed by atoms with Gasteiger partial charge in [-0.1, -0.05) is 19.1 Å². The molecule has 1 aromatic rings. The van der Waals surface area contributed by atoms with Gasteiger partial charge in [0, 0.05) is 12.6 Å². The summed E-state index contributed by atoms with van der Waals surface area (Å²) in [5.41, 5.74) is 3.45. The Morgan fingerprint density at radius 3 is 2.38 bits per heavy atom. The number of nitrogens with two attached hydrogens (primary N) is 1. The predicted octanol–water partition coefficient (Wildman–Crippen LogP) is 2.95. The largest absolute Gasteiger partial charge is 0.494 e. The van der Waals surface area contributed by atoms with Crippen LogP contribution in [0.25, 0.3) is 0 Å². The molecule has 0 bridgehead atoms. The van der Waals surface area contributed by atoms with Crippen LogP contribution in [0.5, 0.6) is 5.75 Å². The lowest BCUT2D eigenvalue weighted by Gasteiger charge is -2.17. The van der Waals surface area contributed by atoms with Crippen LogP contribution in [0.1, 0.15) is 31.4 Å². The van der Waals surface area contributed by atoms with Gasteiger partial charge in [0.1, 0.15) is 12.4 Å². The summed E-state index contributed by atoms with van der Waals surface area (Å²) in [4.78, 5) is 0. The van der Waals surface area contributed by atoms with Gasteiger partial charge in [-0.05, 0) is 30.5 Å². The Labute approximate surface area is 122 Å². The molecule has 4 nitrogen and oxygen atoms in total. The minimum absolute atomic E-state index is 0.0253. The summed E-state index contributed by atoms with van der Waals surface area (Å²) in [7, 11) is 0. The van der Waals surface area contributed by atoms with Crippen molar-refractivity contribution in [3.8, 4) is 5.75 Å².